The largest absolute Gasteiger partial charge is 0.465 e. The molecule has 0 radical (unpaired) electrons. The van der Waals surface area contributed by atoms with E-state index in [2.05, 4.69) is 0 Å². The summed E-state index contributed by atoms with van der Waals surface area (Å²) in [6.45, 7) is 3.42. The van der Waals surface area contributed by atoms with E-state index in [-0.39, 0.29) is 32.9 Å². The van der Waals surface area contributed by atoms with Crippen LogP contribution in [-0.4, -0.2) is 27.4 Å². The van der Waals surface area contributed by atoms with E-state index in [0.29, 0.717) is 9.89 Å². The molecule has 174 valence electrons. The van der Waals surface area contributed by atoms with Gasteiger partial charge in [-0.3, -0.25) is 4.79 Å². The zero-order valence-electron chi connectivity index (χ0n) is 18.5. The first kappa shape index (κ1) is 23.2. The van der Waals surface area contributed by atoms with Crippen LogP contribution in [0.15, 0.2) is 76.0 Å². The summed E-state index contributed by atoms with van der Waals surface area (Å²) in [5, 5.41) is 0.290. The summed E-state index contributed by atoms with van der Waals surface area (Å²) in [5.74, 6) is -1.81. The lowest BCUT2D eigenvalue weighted by Gasteiger charge is -2.23. The third kappa shape index (κ3) is 4.06. The van der Waals surface area contributed by atoms with Crippen molar-refractivity contribution in [3.05, 3.63) is 95.0 Å². The van der Waals surface area contributed by atoms with Crippen LogP contribution in [-0.2, 0) is 14.8 Å². The Kier molecular flexibility index (Phi) is 5.97. The molecule has 34 heavy (non-hydrogen) atoms. The SMILES string of the molecule is COC(=O)c1c(C)oc2ccc(N(C(=O)c3ccc(C)cc3)S(=O)(=O)c3ccc(F)cc3)cc12. The lowest BCUT2D eigenvalue weighted by molar-refractivity contribution is 0.0600. The van der Waals surface area contributed by atoms with Gasteiger partial charge in [-0.25, -0.2) is 17.6 Å². The molecule has 1 aromatic heterocycles. The Morgan fingerprint density at radius 2 is 1.59 bits per heavy atom. The molecule has 4 aromatic rings. The van der Waals surface area contributed by atoms with Gasteiger partial charge >= 0.3 is 5.97 Å². The highest BCUT2D eigenvalue weighted by Gasteiger charge is 2.33. The highest BCUT2D eigenvalue weighted by Crippen LogP contribution is 2.33. The number of carbonyl (C=O) groups is 2. The number of esters is 1. The van der Waals surface area contributed by atoms with Crippen LogP contribution in [0.1, 0.15) is 32.0 Å². The average molecular weight is 482 g/mol. The van der Waals surface area contributed by atoms with Crippen molar-refractivity contribution < 1.29 is 31.6 Å². The number of hydrogen-bond donors (Lipinski definition) is 0. The summed E-state index contributed by atoms with van der Waals surface area (Å²) in [6.07, 6.45) is 0. The number of sulfonamides is 1. The van der Waals surface area contributed by atoms with Crippen LogP contribution in [0, 0.1) is 19.7 Å². The van der Waals surface area contributed by atoms with Gasteiger partial charge in [-0.15, -0.1) is 0 Å². The van der Waals surface area contributed by atoms with E-state index < -0.39 is 27.7 Å². The minimum Gasteiger partial charge on any atom is -0.465 e. The molecule has 0 atom stereocenters. The van der Waals surface area contributed by atoms with E-state index in [1.54, 1.807) is 19.1 Å². The molecule has 0 bridgehead atoms. The van der Waals surface area contributed by atoms with E-state index >= 15 is 0 Å². The number of rotatable bonds is 5. The molecule has 0 saturated heterocycles. The maximum absolute atomic E-state index is 13.6. The molecule has 0 unspecified atom stereocenters. The molecule has 0 aliphatic carbocycles. The Bertz CT molecular complexity index is 1510. The topological polar surface area (TPSA) is 93.9 Å². The van der Waals surface area contributed by atoms with Crippen molar-refractivity contribution in [2.45, 2.75) is 18.7 Å². The molecular weight excluding hydrogens is 461 g/mol. The first-order valence-corrected chi connectivity index (χ1v) is 11.6. The molecule has 0 aliphatic heterocycles. The summed E-state index contributed by atoms with van der Waals surface area (Å²) >= 11 is 0. The van der Waals surface area contributed by atoms with Gasteiger partial charge in [0.15, 0.2) is 0 Å². The second-order valence-corrected chi connectivity index (χ2v) is 9.39. The summed E-state index contributed by atoms with van der Waals surface area (Å²) in [7, 11) is -3.24. The molecule has 1 heterocycles. The second-order valence-electron chi connectivity index (χ2n) is 7.60. The first-order chi connectivity index (χ1) is 16.1. The molecule has 0 fully saturated rings. The van der Waals surface area contributed by atoms with Crippen LogP contribution < -0.4 is 4.31 Å². The second kappa shape index (κ2) is 8.75. The molecule has 1 amide bonds. The van der Waals surface area contributed by atoms with Gasteiger partial charge in [0, 0.05) is 10.9 Å². The highest BCUT2D eigenvalue weighted by atomic mass is 32.2. The molecule has 3 aromatic carbocycles. The minimum atomic E-state index is -4.46. The third-order valence-electron chi connectivity index (χ3n) is 5.31. The standard InChI is InChI=1S/C25H20FNO6S/c1-15-4-6-17(7-5-15)24(28)27(34(30,31)20-11-8-18(26)9-12-20)19-10-13-22-21(14-19)23(16(2)33-22)25(29)32-3/h4-14H,1-3H3. The van der Waals surface area contributed by atoms with Gasteiger partial charge in [0.05, 0.1) is 17.7 Å². The molecule has 0 N–H and O–H groups in total. The van der Waals surface area contributed by atoms with Gasteiger partial charge < -0.3 is 9.15 Å². The Balaban J connectivity index is 1.95. The quantitative estimate of drug-likeness (QED) is 0.372. The normalized spacial score (nSPS) is 11.4. The minimum absolute atomic E-state index is 0.0200. The number of fused-ring (bicyclic) bond motifs is 1. The Morgan fingerprint density at radius 3 is 2.21 bits per heavy atom. The number of furan rings is 1. The zero-order valence-corrected chi connectivity index (χ0v) is 19.4. The lowest BCUT2D eigenvalue weighted by atomic mass is 10.1. The van der Waals surface area contributed by atoms with Gasteiger partial charge in [-0.05, 0) is 68.4 Å². The fourth-order valence-electron chi connectivity index (χ4n) is 3.58. The van der Waals surface area contributed by atoms with Crippen LogP contribution in [0.5, 0.6) is 0 Å². The molecule has 0 saturated carbocycles. The van der Waals surface area contributed by atoms with Crippen LogP contribution in [0.4, 0.5) is 10.1 Å². The first-order valence-electron chi connectivity index (χ1n) is 10.2. The van der Waals surface area contributed by atoms with E-state index in [4.69, 9.17) is 9.15 Å². The molecule has 7 nitrogen and oxygen atoms in total. The number of halogens is 1. The third-order valence-corrected chi connectivity index (χ3v) is 7.03. The van der Waals surface area contributed by atoms with Crippen molar-refractivity contribution in [2.24, 2.45) is 0 Å². The number of carbonyl (C=O) groups excluding carboxylic acids is 2. The van der Waals surface area contributed by atoms with Crippen LogP contribution >= 0.6 is 0 Å². The summed E-state index contributed by atoms with van der Waals surface area (Å²) in [5.41, 5.74) is 1.45. The zero-order chi connectivity index (χ0) is 24.6. The number of ether oxygens (including phenoxy) is 1. The number of benzene rings is 3. The van der Waals surface area contributed by atoms with Gasteiger partial charge in [0.1, 0.15) is 22.7 Å². The van der Waals surface area contributed by atoms with E-state index in [1.807, 2.05) is 6.92 Å². The number of aryl methyl sites for hydroxylation is 2. The Morgan fingerprint density at radius 1 is 0.941 bits per heavy atom. The number of amides is 1. The van der Waals surface area contributed by atoms with Crippen molar-refractivity contribution in [1.82, 2.24) is 0 Å². The Hall–Kier alpha value is -3.98. The molecule has 0 aliphatic rings. The van der Waals surface area contributed by atoms with Crippen molar-refractivity contribution in [2.75, 3.05) is 11.4 Å². The number of nitrogens with zero attached hydrogens (tertiary/aromatic N) is 1. The highest BCUT2D eigenvalue weighted by molar-refractivity contribution is 7.93. The number of methoxy groups -OCH3 is 1. The molecular formula is C25H20FNO6S. The molecule has 9 heteroatoms. The number of hydrogen-bond acceptors (Lipinski definition) is 6. The van der Waals surface area contributed by atoms with Crippen molar-refractivity contribution in [3.8, 4) is 0 Å². The smallest absolute Gasteiger partial charge is 0.342 e. The van der Waals surface area contributed by atoms with Crippen LogP contribution in [0.2, 0.25) is 0 Å². The van der Waals surface area contributed by atoms with Gasteiger partial charge in [0.25, 0.3) is 15.9 Å². The Labute approximate surface area is 195 Å². The summed E-state index contributed by atoms with van der Waals surface area (Å²) in [4.78, 5) is 25.6. The van der Waals surface area contributed by atoms with Crippen molar-refractivity contribution >= 4 is 38.6 Å². The van der Waals surface area contributed by atoms with E-state index in [9.17, 15) is 22.4 Å². The van der Waals surface area contributed by atoms with Crippen molar-refractivity contribution in [1.29, 1.82) is 0 Å². The van der Waals surface area contributed by atoms with Gasteiger partial charge in [0.2, 0.25) is 0 Å². The lowest BCUT2D eigenvalue weighted by Crippen LogP contribution is -2.37. The van der Waals surface area contributed by atoms with Crippen LogP contribution in [0.25, 0.3) is 11.0 Å². The van der Waals surface area contributed by atoms with Gasteiger partial charge in [-0.2, -0.15) is 4.31 Å². The molecule has 0 spiro atoms. The van der Waals surface area contributed by atoms with Crippen molar-refractivity contribution in [3.63, 3.8) is 0 Å². The molecule has 4 rings (SSSR count). The fourth-order valence-corrected chi connectivity index (χ4v) is 4.99. The van der Waals surface area contributed by atoms with E-state index in [1.165, 1.54) is 37.4 Å². The monoisotopic (exact) mass is 481 g/mol. The van der Waals surface area contributed by atoms with Crippen LogP contribution in [0.3, 0.4) is 0 Å². The maximum Gasteiger partial charge on any atom is 0.342 e. The maximum atomic E-state index is 13.6. The summed E-state index contributed by atoms with van der Waals surface area (Å²) < 4.78 is 51.7. The predicted octanol–water partition coefficient (Wildman–Crippen LogP) is 5.01. The summed E-state index contributed by atoms with van der Waals surface area (Å²) in [6, 6.07) is 14.8. The van der Waals surface area contributed by atoms with E-state index in [0.717, 1.165) is 29.8 Å². The average Bonchev–Trinajstić information content (AvgIpc) is 3.14. The van der Waals surface area contributed by atoms with Gasteiger partial charge in [-0.1, -0.05) is 17.7 Å². The number of anilines is 1. The predicted molar refractivity (Wildman–Crippen MR) is 124 cm³/mol. The fraction of sp³-hybridized carbons (Fsp3) is 0.120.